The molecule has 9 aromatic rings. The van der Waals surface area contributed by atoms with Crippen molar-refractivity contribution in [2.75, 3.05) is 7.11 Å². The molecule has 1 aromatic heterocycles. The van der Waals surface area contributed by atoms with E-state index < -0.39 is 14.1 Å². The van der Waals surface area contributed by atoms with Crippen LogP contribution in [0, 0.1) is 0 Å². The van der Waals surface area contributed by atoms with Gasteiger partial charge < -0.3 is 9.30 Å². The monoisotopic (exact) mass is 813 g/mol. The first kappa shape index (κ1) is 38.9. The van der Waals surface area contributed by atoms with Crippen LogP contribution < -0.4 is 31.8 Å². The fourth-order valence-corrected chi connectivity index (χ4v) is 15.3. The van der Waals surface area contributed by atoms with Crippen molar-refractivity contribution in [2.24, 2.45) is 9.49 Å². The zero-order valence-electron chi connectivity index (χ0n) is 33.4. The molecule has 0 aliphatic rings. The predicted octanol–water partition coefficient (Wildman–Crippen LogP) is 12.0. The number of benzene rings is 8. The molecule has 0 aliphatic heterocycles. The quantitative estimate of drug-likeness (QED) is 0.113. The van der Waals surface area contributed by atoms with Crippen molar-refractivity contribution in [3.05, 3.63) is 243 Å². The first-order valence-corrected chi connectivity index (χ1v) is 23.7. The number of nitrogens with zero attached hydrogens (tertiary/aromatic N) is 3. The molecule has 0 bridgehead atoms. The van der Waals surface area contributed by atoms with Crippen LogP contribution in [-0.2, 0) is 11.5 Å². The Kier molecular flexibility index (Phi) is 11.5. The maximum atomic E-state index is 6.02. The Morgan fingerprint density at radius 1 is 0.333 bits per heavy atom. The van der Waals surface area contributed by atoms with Gasteiger partial charge in [-0.05, 0) is 24.3 Å². The van der Waals surface area contributed by atoms with Gasteiger partial charge in [0.25, 0.3) is 0 Å². The van der Waals surface area contributed by atoms with Gasteiger partial charge >= 0.3 is 0 Å². The zero-order valence-corrected chi connectivity index (χ0v) is 35.2. The molecule has 292 valence electrons. The van der Waals surface area contributed by atoms with E-state index in [2.05, 4.69) is 247 Å². The van der Waals surface area contributed by atoms with Crippen molar-refractivity contribution >= 4 is 57.3 Å². The number of hydrogen-bond acceptors (Lipinski definition) is 3. The average Bonchev–Trinajstić information content (AvgIpc) is 3.75. The zero-order chi connectivity index (χ0) is 40.6. The topological polar surface area (TPSA) is 38.9 Å². The molecule has 0 unspecified atom stereocenters. The first-order valence-electron chi connectivity index (χ1n) is 20.2. The molecule has 0 amide bonds. The van der Waals surface area contributed by atoms with E-state index in [1.807, 2.05) is 0 Å². The van der Waals surface area contributed by atoms with E-state index in [-0.39, 0.29) is 0 Å². The van der Waals surface area contributed by atoms with Gasteiger partial charge in [0.15, 0.2) is 0 Å². The fraction of sp³-hybridized carbons (Fsp3) is 0.0370. The summed E-state index contributed by atoms with van der Waals surface area (Å²) in [5.74, 6) is 0. The molecule has 0 fully saturated rings. The van der Waals surface area contributed by atoms with Crippen LogP contribution in [0.1, 0.15) is 0 Å². The second kappa shape index (κ2) is 17.8. The van der Waals surface area contributed by atoms with Gasteiger partial charge in [0, 0.05) is 50.1 Å². The Bertz CT molecular complexity index is 2530. The number of rotatable bonds is 12. The second-order valence-corrected chi connectivity index (χ2v) is 20.5. The summed E-state index contributed by atoms with van der Waals surface area (Å²) in [5, 5.41) is 7.18. The lowest BCUT2D eigenvalue weighted by atomic mass is 10.1. The fourth-order valence-electron chi connectivity index (χ4n) is 8.19. The second-order valence-electron chi connectivity index (χ2n) is 14.5. The van der Waals surface area contributed by atoms with E-state index in [4.69, 9.17) is 14.2 Å². The molecule has 60 heavy (non-hydrogen) atoms. The SMILES string of the molecule is COCn1c(-c2ccccc2N=P(c2ccccc2)(c2ccccc2)c2ccccc2)ccc1-c1ccccc1N=P(c1ccccc1)(c1ccccc1)c1ccccc1. The maximum absolute atomic E-state index is 6.02. The lowest BCUT2D eigenvalue weighted by Gasteiger charge is -2.28. The van der Waals surface area contributed by atoms with E-state index in [0.29, 0.717) is 6.73 Å². The van der Waals surface area contributed by atoms with Crippen LogP contribution in [0.15, 0.2) is 252 Å². The average molecular weight is 814 g/mol. The van der Waals surface area contributed by atoms with Gasteiger partial charge in [-0.2, -0.15) is 0 Å². The highest BCUT2D eigenvalue weighted by atomic mass is 31.2. The normalized spacial score (nSPS) is 11.6. The van der Waals surface area contributed by atoms with Crippen LogP contribution in [0.4, 0.5) is 11.4 Å². The Morgan fingerprint density at radius 3 is 0.850 bits per heavy atom. The van der Waals surface area contributed by atoms with Crippen LogP contribution in [-0.4, -0.2) is 11.7 Å². The smallest absolute Gasteiger partial charge is 0.123 e. The highest BCUT2D eigenvalue weighted by Gasteiger charge is 2.30. The summed E-state index contributed by atoms with van der Waals surface area (Å²) in [5.41, 5.74) is 5.94. The lowest BCUT2D eigenvalue weighted by Crippen LogP contribution is -2.25. The van der Waals surface area contributed by atoms with Crippen molar-refractivity contribution in [1.29, 1.82) is 0 Å². The molecule has 0 saturated carbocycles. The van der Waals surface area contributed by atoms with Gasteiger partial charge in [0.1, 0.15) is 6.73 Å². The Hall–Kier alpha value is -6.54. The summed E-state index contributed by atoms with van der Waals surface area (Å²) in [6.45, 7) is 0.340. The van der Waals surface area contributed by atoms with E-state index >= 15 is 0 Å². The van der Waals surface area contributed by atoms with Crippen molar-refractivity contribution < 1.29 is 4.74 Å². The van der Waals surface area contributed by atoms with Gasteiger partial charge in [-0.1, -0.05) is 218 Å². The highest BCUT2D eigenvalue weighted by Crippen LogP contribution is 2.53. The third-order valence-corrected chi connectivity index (χ3v) is 18.2. The van der Waals surface area contributed by atoms with Gasteiger partial charge in [-0.3, -0.25) is 9.49 Å². The van der Waals surface area contributed by atoms with E-state index in [1.165, 1.54) is 31.8 Å². The molecule has 0 N–H and O–H groups in total. The van der Waals surface area contributed by atoms with Gasteiger partial charge in [-0.25, -0.2) is 0 Å². The summed E-state index contributed by atoms with van der Waals surface area (Å²) < 4.78 is 20.2. The highest BCUT2D eigenvalue weighted by molar-refractivity contribution is 7.88. The molecule has 0 saturated heterocycles. The third-order valence-electron chi connectivity index (χ3n) is 10.9. The molecule has 8 aromatic carbocycles. The third kappa shape index (κ3) is 7.36. The van der Waals surface area contributed by atoms with Crippen LogP contribution >= 0.6 is 14.1 Å². The van der Waals surface area contributed by atoms with Crippen LogP contribution in [0.2, 0.25) is 0 Å². The molecule has 0 radical (unpaired) electrons. The van der Waals surface area contributed by atoms with E-state index in [0.717, 1.165) is 33.9 Å². The van der Waals surface area contributed by atoms with Crippen molar-refractivity contribution in [3.8, 4) is 22.5 Å². The van der Waals surface area contributed by atoms with Crippen molar-refractivity contribution in [3.63, 3.8) is 0 Å². The summed E-state index contributed by atoms with van der Waals surface area (Å²) in [6, 6.07) is 86.3. The van der Waals surface area contributed by atoms with Crippen LogP contribution in [0.25, 0.3) is 22.5 Å². The largest absolute Gasteiger partial charge is 0.364 e. The molecule has 0 atom stereocenters. The van der Waals surface area contributed by atoms with Crippen LogP contribution in [0.3, 0.4) is 0 Å². The number of ether oxygens (including phenoxy) is 1. The van der Waals surface area contributed by atoms with Crippen LogP contribution in [0.5, 0.6) is 0 Å². The number of aromatic nitrogens is 1. The molecule has 0 spiro atoms. The number of methoxy groups -OCH3 is 1. The molecule has 6 heteroatoms. The summed E-state index contributed by atoms with van der Waals surface area (Å²) in [7, 11) is -3.34. The summed E-state index contributed by atoms with van der Waals surface area (Å²) in [4.78, 5) is 0. The molecule has 1 heterocycles. The van der Waals surface area contributed by atoms with E-state index in [1.54, 1.807) is 7.11 Å². The predicted molar refractivity (Wildman–Crippen MR) is 257 cm³/mol. The molecular weight excluding hydrogens is 769 g/mol. The van der Waals surface area contributed by atoms with Gasteiger partial charge in [0.05, 0.1) is 36.9 Å². The Morgan fingerprint density at radius 2 is 0.583 bits per heavy atom. The minimum absolute atomic E-state index is 0.340. The Balaban J connectivity index is 1.29. The minimum Gasteiger partial charge on any atom is -0.364 e. The summed E-state index contributed by atoms with van der Waals surface area (Å²) in [6.07, 6.45) is 0. The van der Waals surface area contributed by atoms with Crippen molar-refractivity contribution in [1.82, 2.24) is 4.57 Å². The van der Waals surface area contributed by atoms with Crippen molar-refractivity contribution in [2.45, 2.75) is 6.73 Å². The minimum atomic E-state index is -2.55. The molecule has 9 rings (SSSR count). The lowest BCUT2D eigenvalue weighted by molar-refractivity contribution is 0.134. The van der Waals surface area contributed by atoms with Gasteiger partial charge in [0.2, 0.25) is 0 Å². The Labute approximate surface area is 353 Å². The molecule has 0 aliphatic carbocycles. The van der Waals surface area contributed by atoms with E-state index in [9.17, 15) is 0 Å². The molecular formula is C54H45N3OP2. The van der Waals surface area contributed by atoms with Gasteiger partial charge in [-0.15, -0.1) is 0 Å². The first-order chi connectivity index (χ1) is 29.7. The standard InChI is InChI=1S/C54H45N3OP2/c1-58-42-57-53(49-36-20-22-38-51(49)55-59(43-24-8-2-9-25-43,44-26-10-3-11-27-44)45-28-12-4-13-29-45)40-41-54(57)50-37-21-23-39-52(50)56-60(46-30-14-5-15-31-46,47-32-16-6-17-33-47)48-34-18-7-19-35-48/h2-41H,42H2,1H3. The molecule has 4 nitrogen and oxygen atoms in total. The number of hydrogen-bond donors (Lipinski definition) is 0. The summed E-state index contributed by atoms with van der Waals surface area (Å²) >= 11 is 0. The maximum Gasteiger partial charge on any atom is 0.123 e.